The van der Waals surface area contributed by atoms with Gasteiger partial charge in [-0.1, -0.05) is 150 Å². The van der Waals surface area contributed by atoms with Crippen LogP contribution in [0.2, 0.25) is 20.1 Å². The summed E-state index contributed by atoms with van der Waals surface area (Å²) in [7, 11) is 0. The minimum Gasteiger partial charge on any atom is -0.505 e. The molecule has 32 heavy (non-hydrogen) atoms. The number of benzene rings is 1. The largest absolute Gasteiger partial charge is 0.505 e. The smallest absolute Gasteiger partial charge is 0.311 e. The van der Waals surface area contributed by atoms with Gasteiger partial charge in [-0.2, -0.15) is 0 Å². The summed E-state index contributed by atoms with van der Waals surface area (Å²) >= 11 is 23.8. The van der Waals surface area contributed by atoms with E-state index in [9.17, 15) is 9.90 Å². The van der Waals surface area contributed by atoms with Crippen LogP contribution >= 0.6 is 46.4 Å². The van der Waals surface area contributed by atoms with Crippen LogP contribution in [0.15, 0.2) is 0 Å². The van der Waals surface area contributed by atoms with Crippen molar-refractivity contribution in [3.8, 4) is 11.5 Å². The maximum absolute atomic E-state index is 12.1. The van der Waals surface area contributed by atoms with Crippen LogP contribution in [0, 0.1) is 0 Å². The molecule has 0 spiro atoms. The summed E-state index contributed by atoms with van der Waals surface area (Å²) in [5.41, 5.74) is 0. The second-order valence-corrected chi connectivity index (χ2v) is 9.97. The molecule has 0 atom stereocenters. The summed E-state index contributed by atoms with van der Waals surface area (Å²) in [6.45, 7) is 2.26. The minimum atomic E-state index is -0.447. The molecule has 0 bridgehead atoms. The van der Waals surface area contributed by atoms with Crippen molar-refractivity contribution in [1.29, 1.82) is 0 Å². The Labute approximate surface area is 214 Å². The molecule has 1 rings (SSSR count). The SMILES string of the molecule is CCCCCCCCCCCCCCCCCCC(=O)Oc1c(Cl)c(Cl)c(O)c(Cl)c1Cl. The number of hydrogen-bond acceptors (Lipinski definition) is 3. The highest BCUT2D eigenvalue weighted by Gasteiger charge is 2.23. The van der Waals surface area contributed by atoms with Gasteiger partial charge in [0.15, 0.2) is 11.5 Å². The van der Waals surface area contributed by atoms with Crippen LogP contribution in [0.5, 0.6) is 11.5 Å². The van der Waals surface area contributed by atoms with E-state index in [-0.39, 0.29) is 32.3 Å². The van der Waals surface area contributed by atoms with Gasteiger partial charge in [-0.05, 0) is 6.42 Å². The van der Waals surface area contributed by atoms with Crippen LogP contribution in [-0.4, -0.2) is 11.1 Å². The molecule has 0 unspecified atom stereocenters. The van der Waals surface area contributed by atoms with Gasteiger partial charge in [0.1, 0.15) is 20.1 Å². The predicted molar refractivity (Wildman–Crippen MR) is 138 cm³/mol. The number of hydrogen-bond donors (Lipinski definition) is 1. The average Bonchev–Trinajstić information content (AvgIpc) is 2.79. The number of esters is 1. The molecule has 0 aromatic heterocycles. The van der Waals surface area contributed by atoms with Gasteiger partial charge in [0.25, 0.3) is 0 Å². The first kappa shape index (κ1) is 29.7. The maximum atomic E-state index is 12.1. The van der Waals surface area contributed by atoms with Crippen molar-refractivity contribution in [3.63, 3.8) is 0 Å². The first-order valence-corrected chi connectivity index (χ1v) is 13.7. The molecule has 7 heteroatoms. The Morgan fingerprint density at radius 3 is 1.34 bits per heavy atom. The zero-order valence-electron chi connectivity index (χ0n) is 19.3. The van der Waals surface area contributed by atoms with Crippen molar-refractivity contribution < 1.29 is 14.6 Å². The molecule has 0 saturated heterocycles. The topological polar surface area (TPSA) is 46.5 Å². The van der Waals surface area contributed by atoms with E-state index in [1.165, 1.54) is 83.5 Å². The lowest BCUT2D eigenvalue weighted by Gasteiger charge is -2.12. The summed E-state index contributed by atoms with van der Waals surface area (Å²) in [6.07, 6.45) is 20.7. The average molecular weight is 528 g/mol. The lowest BCUT2D eigenvalue weighted by Crippen LogP contribution is -2.08. The number of halogens is 4. The molecular weight excluding hydrogens is 490 g/mol. The summed E-state index contributed by atoms with van der Waals surface area (Å²) in [6, 6.07) is 0. The summed E-state index contributed by atoms with van der Waals surface area (Å²) in [5.74, 6) is -0.986. The van der Waals surface area contributed by atoms with E-state index >= 15 is 0 Å². The molecule has 0 heterocycles. The molecule has 0 saturated carbocycles. The standard InChI is InChI=1S/C25H38Cl4O3/c1-2-3-4-5-6-7-8-9-10-11-12-13-14-15-16-17-18-19(30)32-25-22(28)20(26)24(31)21(27)23(25)29/h31H,2-18H2,1H3. The number of carbonyl (C=O) groups is 1. The molecule has 0 amide bonds. The van der Waals surface area contributed by atoms with Gasteiger partial charge >= 0.3 is 5.97 Å². The third kappa shape index (κ3) is 11.7. The molecule has 1 aromatic carbocycles. The van der Waals surface area contributed by atoms with E-state index in [0.717, 1.165) is 19.3 Å². The summed E-state index contributed by atoms with van der Waals surface area (Å²) < 4.78 is 5.23. The number of ether oxygens (including phenoxy) is 1. The van der Waals surface area contributed by atoms with Gasteiger partial charge in [-0.3, -0.25) is 4.79 Å². The molecule has 1 aromatic rings. The molecule has 0 aliphatic heterocycles. The highest BCUT2D eigenvalue weighted by molar-refractivity contribution is 6.50. The first-order chi connectivity index (χ1) is 15.4. The van der Waals surface area contributed by atoms with Crippen molar-refractivity contribution in [1.82, 2.24) is 0 Å². The second kappa shape index (κ2) is 18.0. The lowest BCUT2D eigenvalue weighted by molar-refractivity contribution is -0.134. The number of carbonyl (C=O) groups excluding carboxylic acids is 1. The van der Waals surface area contributed by atoms with Gasteiger partial charge in [0.2, 0.25) is 0 Å². The van der Waals surface area contributed by atoms with Gasteiger partial charge in [-0.15, -0.1) is 0 Å². The van der Waals surface area contributed by atoms with Crippen LogP contribution in [0.1, 0.15) is 116 Å². The number of phenolic OH excluding ortho intramolecular Hbond substituents is 1. The zero-order chi connectivity index (χ0) is 23.8. The quantitative estimate of drug-likeness (QED) is 0.0892. The van der Waals surface area contributed by atoms with Crippen molar-refractivity contribution >= 4 is 52.4 Å². The summed E-state index contributed by atoms with van der Waals surface area (Å²) in [5, 5.41) is 9.08. The highest BCUT2D eigenvalue weighted by atomic mass is 35.5. The van der Waals surface area contributed by atoms with Crippen LogP contribution in [0.4, 0.5) is 0 Å². The third-order valence-corrected chi connectivity index (χ3v) is 7.30. The third-order valence-electron chi connectivity index (χ3n) is 5.65. The van der Waals surface area contributed by atoms with E-state index < -0.39 is 11.7 Å². The van der Waals surface area contributed by atoms with Crippen LogP contribution in [-0.2, 0) is 4.79 Å². The Morgan fingerprint density at radius 2 is 0.969 bits per heavy atom. The van der Waals surface area contributed by atoms with Crippen LogP contribution < -0.4 is 4.74 Å². The van der Waals surface area contributed by atoms with E-state index in [0.29, 0.717) is 0 Å². The minimum absolute atomic E-state index is 0.109. The Kier molecular flexibility index (Phi) is 16.7. The number of rotatable bonds is 18. The van der Waals surface area contributed by atoms with E-state index in [1.807, 2.05) is 0 Å². The number of aromatic hydroxyl groups is 1. The lowest BCUT2D eigenvalue weighted by atomic mass is 10.0. The van der Waals surface area contributed by atoms with Gasteiger partial charge in [0, 0.05) is 6.42 Å². The number of phenols is 1. The van der Waals surface area contributed by atoms with Crippen LogP contribution in [0.25, 0.3) is 0 Å². The van der Waals surface area contributed by atoms with E-state index in [2.05, 4.69) is 6.92 Å². The van der Waals surface area contributed by atoms with E-state index in [4.69, 9.17) is 51.1 Å². The fraction of sp³-hybridized carbons (Fsp3) is 0.720. The highest BCUT2D eigenvalue weighted by Crippen LogP contribution is 2.49. The molecule has 184 valence electrons. The fourth-order valence-electron chi connectivity index (χ4n) is 3.67. The predicted octanol–water partition coefficient (Wildman–Crippen LogP) is 10.6. The van der Waals surface area contributed by atoms with Gasteiger partial charge in [0.05, 0.1) is 0 Å². The molecular formula is C25H38Cl4O3. The Balaban J connectivity index is 2.02. The molecule has 3 nitrogen and oxygen atoms in total. The zero-order valence-corrected chi connectivity index (χ0v) is 22.3. The van der Waals surface area contributed by atoms with Gasteiger partial charge in [-0.25, -0.2) is 0 Å². The normalized spacial score (nSPS) is 11.2. The Bertz CT molecular complexity index is 651. The fourth-order valence-corrected chi connectivity index (χ4v) is 4.57. The molecule has 0 aliphatic rings. The van der Waals surface area contributed by atoms with Crippen molar-refractivity contribution in [2.45, 2.75) is 116 Å². The van der Waals surface area contributed by atoms with Crippen LogP contribution in [0.3, 0.4) is 0 Å². The Morgan fingerprint density at radius 1 is 0.625 bits per heavy atom. The first-order valence-electron chi connectivity index (χ1n) is 12.2. The van der Waals surface area contributed by atoms with Crippen molar-refractivity contribution in [3.05, 3.63) is 20.1 Å². The van der Waals surface area contributed by atoms with Gasteiger partial charge < -0.3 is 9.84 Å². The van der Waals surface area contributed by atoms with Crippen molar-refractivity contribution in [2.24, 2.45) is 0 Å². The number of unbranched alkanes of at least 4 members (excludes halogenated alkanes) is 15. The monoisotopic (exact) mass is 526 g/mol. The molecule has 0 aliphatic carbocycles. The molecule has 1 N–H and O–H groups in total. The molecule has 0 radical (unpaired) electrons. The van der Waals surface area contributed by atoms with E-state index in [1.54, 1.807) is 0 Å². The summed E-state index contributed by atoms with van der Waals surface area (Å²) in [4.78, 5) is 12.1. The Hall–Kier alpha value is -0.350. The second-order valence-electron chi connectivity index (χ2n) is 8.46. The maximum Gasteiger partial charge on any atom is 0.311 e. The molecule has 0 fully saturated rings. The van der Waals surface area contributed by atoms with Crippen molar-refractivity contribution in [2.75, 3.05) is 0 Å².